The van der Waals surface area contributed by atoms with Crippen molar-refractivity contribution < 1.29 is 14.4 Å². The van der Waals surface area contributed by atoms with Gasteiger partial charge in [-0.25, -0.2) is 0 Å². The summed E-state index contributed by atoms with van der Waals surface area (Å²) in [4.78, 5) is 15.9. The SMILES string of the molecule is COc1ccc(N2CC[NH+](CC(=O)Nc3ccc(C)cc3)CC2)cc1. The molecule has 3 rings (SSSR count). The summed E-state index contributed by atoms with van der Waals surface area (Å²) in [6.07, 6.45) is 0. The molecule has 1 amide bonds. The first-order valence-electron chi connectivity index (χ1n) is 8.73. The third-order valence-electron chi connectivity index (χ3n) is 4.65. The molecule has 0 aromatic heterocycles. The number of ether oxygens (including phenoxy) is 1. The molecule has 0 radical (unpaired) electrons. The summed E-state index contributed by atoms with van der Waals surface area (Å²) in [5, 5.41) is 2.98. The zero-order valence-electron chi connectivity index (χ0n) is 14.9. The summed E-state index contributed by atoms with van der Waals surface area (Å²) >= 11 is 0. The highest BCUT2D eigenvalue weighted by atomic mass is 16.5. The van der Waals surface area contributed by atoms with Gasteiger partial charge in [0, 0.05) is 11.4 Å². The number of nitrogens with one attached hydrogen (secondary N) is 2. The van der Waals surface area contributed by atoms with Gasteiger partial charge in [0.2, 0.25) is 0 Å². The normalized spacial score (nSPS) is 15.0. The fraction of sp³-hybridized carbons (Fsp3) is 0.350. The Labute approximate surface area is 149 Å². The van der Waals surface area contributed by atoms with Gasteiger partial charge in [0.25, 0.3) is 5.91 Å². The van der Waals surface area contributed by atoms with Crippen molar-refractivity contribution in [3.63, 3.8) is 0 Å². The van der Waals surface area contributed by atoms with Crippen LogP contribution in [0.4, 0.5) is 11.4 Å². The number of methoxy groups -OCH3 is 1. The number of nitrogens with zero attached hydrogens (tertiary/aromatic N) is 1. The number of carbonyl (C=O) groups is 1. The summed E-state index contributed by atoms with van der Waals surface area (Å²) in [6.45, 7) is 6.40. The lowest BCUT2D eigenvalue weighted by Gasteiger charge is -2.33. The molecule has 5 heteroatoms. The van der Waals surface area contributed by atoms with Crippen LogP contribution in [0.15, 0.2) is 48.5 Å². The second-order valence-corrected chi connectivity index (χ2v) is 6.53. The molecule has 0 unspecified atom stereocenters. The molecule has 1 heterocycles. The van der Waals surface area contributed by atoms with Gasteiger partial charge in [-0.05, 0) is 43.3 Å². The first-order valence-corrected chi connectivity index (χ1v) is 8.73. The van der Waals surface area contributed by atoms with Gasteiger partial charge >= 0.3 is 0 Å². The minimum Gasteiger partial charge on any atom is -0.497 e. The molecule has 1 aliphatic heterocycles. The highest BCUT2D eigenvalue weighted by molar-refractivity contribution is 5.91. The van der Waals surface area contributed by atoms with E-state index in [9.17, 15) is 4.79 Å². The van der Waals surface area contributed by atoms with E-state index in [1.807, 2.05) is 43.3 Å². The van der Waals surface area contributed by atoms with Crippen LogP contribution in [0.3, 0.4) is 0 Å². The Morgan fingerprint density at radius 3 is 2.32 bits per heavy atom. The summed E-state index contributed by atoms with van der Waals surface area (Å²) in [5.74, 6) is 0.956. The number of anilines is 2. The van der Waals surface area contributed by atoms with Gasteiger partial charge in [-0.2, -0.15) is 0 Å². The van der Waals surface area contributed by atoms with Gasteiger partial charge in [-0.3, -0.25) is 4.79 Å². The van der Waals surface area contributed by atoms with Crippen LogP contribution in [0.1, 0.15) is 5.56 Å². The number of amides is 1. The summed E-state index contributed by atoms with van der Waals surface area (Å²) < 4.78 is 5.21. The maximum atomic E-state index is 12.2. The minimum absolute atomic E-state index is 0.0803. The van der Waals surface area contributed by atoms with Crippen LogP contribution in [0.5, 0.6) is 5.75 Å². The van der Waals surface area contributed by atoms with Crippen molar-refractivity contribution in [3.05, 3.63) is 54.1 Å². The topological polar surface area (TPSA) is 46.0 Å². The second kappa shape index (κ2) is 8.03. The Hall–Kier alpha value is -2.53. The summed E-state index contributed by atoms with van der Waals surface area (Å²) in [7, 11) is 1.68. The molecular weight excluding hydrogens is 314 g/mol. The molecule has 2 N–H and O–H groups in total. The highest BCUT2D eigenvalue weighted by Gasteiger charge is 2.22. The van der Waals surface area contributed by atoms with Gasteiger partial charge in [0.1, 0.15) is 5.75 Å². The van der Waals surface area contributed by atoms with Gasteiger partial charge in [0.05, 0.1) is 33.3 Å². The predicted octanol–water partition coefficient (Wildman–Crippen LogP) is 1.35. The Morgan fingerprint density at radius 2 is 1.72 bits per heavy atom. The second-order valence-electron chi connectivity index (χ2n) is 6.53. The van der Waals surface area contributed by atoms with Crippen molar-refractivity contribution in [2.24, 2.45) is 0 Å². The molecule has 5 nitrogen and oxygen atoms in total. The van der Waals surface area contributed by atoms with E-state index >= 15 is 0 Å². The van der Waals surface area contributed by atoms with Crippen molar-refractivity contribution in [3.8, 4) is 5.75 Å². The fourth-order valence-electron chi connectivity index (χ4n) is 3.12. The first kappa shape index (κ1) is 17.3. The molecule has 1 fully saturated rings. The summed E-state index contributed by atoms with van der Waals surface area (Å²) in [5.41, 5.74) is 3.27. The lowest BCUT2D eigenvalue weighted by Crippen LogP contribution is -3.15. The van der Waals surface area contributed by atoms with E-state index < -0.39 is 0 Å². The van der Waals surface area contributed by atoms with Crippen LogP contribution < -0.4 is 19.9 Å². The molecule has 0 bridgehead atoms. The van der Waals surface area contributed by atoms with Crippen molar-refractivity contribution in [2.45, 2.75) is 6.92 Å². The van der Waals surface area contributed by atoms with E-state index in [1.165, 1.54) is 16.2 Å². The third-order valence-corrected chi connectivity index (χ3v) is 4.65. The zero-order valence-corrected chi connectivity index (χ0v) is 14.9. The first-order chi connectivity index (χ1) is 12.1. The lowest BCUT2D eigenvalue weighted by molar-refractivity contribution is -0.892. The number of hydrogen-bond donors (Lipinski definition) is 2. The van der Waals surface area contributed by atoms with Crippen LogP contribution in [-0.2, 0) is 4.79 Å². The van der Waals surface area contributed by atoms with Gasteiger partial charge < -0.3 is 19.9 Å². The van der Waals surface area contributed by atoms with Crippen LogP contribution >= 0.6 is 0 Å². The molecule has 1 saturated heterocycles. The highest BCUT2D eigenvalue weighted by Crippen LogP contribution is 2.18. The summed E-state index contributed by atoms with van der Waals surface area (Å²) in [6, 6.07) is 16.1. The van der Waals surface area contributed by atoms with E-state index in [1.54, 1.807) is 7.11 Å². The molecule has 0 spiro atoms. The van der Waals surface area contributed by atoms with Crippen molar-refractivity contribution >= 4 is 17.3 Å². The van der Waals surface area contributed by atoms with Gasteiger partial charge in [-0.1, -0.05) is 17.7 Å². The van der Waals surface area contributed by atoms with Crippen LogP contribution in [0.25, 0.3) is 0 Å². The Morgan fingerprint density at radius 1 is 1.08 bits per heavy atom. The van der Waals surface area contributed by atoms with E-state index in [-0.39, 0.29) is 5.91 Å². The molecule has 0 aliphatic carbocycles. The fourth-order valence-corrected chi connectivity index (χ4v) is 3.12. The van der Waals surface area contributed by atoms with Crippen LogP contribution in [0, 0.1) is 6.92 Å². The predicted molar refractivity (Wildman–Crippen MR) is 101 cm³/mol. The number of piperazine rings is 1. The van der Waals surface area contributed by atoms with E-state index in [4.69, 9.17) is 4.74 Å². The Balaban J connectivity index is 1.46. The largest absolute Gasteiger partial charge is 0.497 e. The molecule has 0 saturated carbocycles. The smallest absolute Gasteiger partial charge is 0.279 e. The van der Waals surface area contributed by atoms with Gasteiger partial charge in [-0.15, -0.1) is 0 Å². The number of quaternary nitrogens is 1. The molecule has 0 atom stereocenters. The molecule has 25 heavy (non-hydrogen) atoms. The minimum atomic E-state index is 0.0803. The molecule has 2 aromatic rings. The standard InChI is InChI=1S/C20H25N3O2/c1-16-3-5-17(6-4-16)21-20(24)15-22-11-13-23(14-12-22)18-7-9-19(25-2)10-8-18/h3-10H,11-15H2,1-2H3,(H,21,24)/p+1. The van der Waals surface area contributed by atoms with Gasteiger partial charge in [0.15, 0.2) is 6.54 Å². The van der Waals surface area contributed by atoms with E-state index in [2.05, 4.69) is 22.3 Å². The zero-order chi connectivity index (χ0) is 17.6. The van der Waals surface area contributed by atoms with Crippen molar-refractivity contribution in [2.75, 3.05) is 50.1 Å². The molecule has 132 valence electrons. The maximum Gasteiger partial charge on any atom is 0.279 e. The Kier molecular flexibility index (Phi) is 5.56. The number of hydrogen-bond acceptors (Lipinski definition) is 3. The van der Waals surface area contributed by atoms with E-state index in [0.29, 0.717) is 6.54 Å². The van der Waals surface area contributed by atoms with Crippen LogP contribution in [0.2, 0.25) is 0 Å². The third kappa shape index (κ3) is 4.73. The monoisotopic (exact) mass is 340 g/mol. The number of benzene rings is 2. The average molecular weight is 340 g/mol. The average Bonchev–Trinajstić information content (AvgIpc) is 2.64. The molecular formula is C20H26N3O2+. The molecule has 2 aromatic carbocycles. The number of carbonyl (C=O) groups excluding carboxylic acids is 1. The quantitative estimate of drug-likeness (QED) is 0.864. The van der Waals surface area contributed by atoms with E-state index in [0.717, 1.165) is 37.6 Å². The maximum absolute atomic E-state index is 12.2. The molecule has 1 aliphatic rings. The van der Waals surface area contributed by atoms with Crippen LogP contribution in [-0.4, -0.2) is 45.7 Å². The Bertz CT molecular complexity index is 690. The number of rotatable bonds is 5. The lowest BCUT2D eigenvalue weighted by atomic mass is 10.2. The number of aryl methyl sites for hydroxylation is 1. The van der Waals surface area contributed by atoms with Crippen molar-refractivity contribution in [1.29, 1.82) is 0 Å². The van der Waals surface area contributed by atoms with Crippen molar-refractivity contribution in [1.82, 2.24) is 0 Å².